The van der Waals surface area contributed by atoms with E-state index in [1.807, 2.05) is 0 Å². The van der Waals surface area contributed by atoms with Gasteiger partial charge in [0.15, 0.2) is 8.32 Å². The SMILES string of the molecule is CC[Si](CC)(CC)O[C@H]1C[C@H]2C=CC[C@@H]1C2. The first-order chi connectivity index (χ1) is 7.73. The normalized spacial score (nSPS) is 33.3. The van der Waals surface area contributed by atoms with Gasteiger partial charge in [0.2, 0.25) is 0 Å². The van der Waals surface area contributed by atoms with Crippen LogP contribution in [0.3, 0.4) is 0 Å². The van der Waals surface area contributed by atoms with Crippen molar-refractivity contribution in [2.24, 2.45) is 11.8 Å². The summed E-state index contributed by atoms with van der Waals surface area (Å²) in [7, 11) is -1.37. The van der Waals surface area contributed by atoms with Crippen LogP contribution in [-0.4, -0.2) is 14.4 Å². The van der Waals surface area contributed by atoms with Crippen LogP contribution in [-0.2, 0) is 4.43 Å². The number of rotatable bonds is 5. The zero-order chi connectivity index (χ0) is 11.6. The van der Waals surface area contributed by atoms with Gasteiger partial charge in [-0.05, 0) is 49.2 Å². The highest BCUT2D eigenvalue weighted by atomic mass is 28.4. The van der Waals surface area contributed by atoms with Crippen molar-refractivity contribution in [1.82, 2.24) is 0 Å². The standard InChI is InChI=1S/C14H26OSi/c1-4-16(5-2,6-3)15-14-11-12-8-7-9-13(14)10-12/h7-8,12-14H,4-6,9-11H2,1-3H3/t12-,13+,14-/m0/s1. The van der Waals surface area contributed by atoms with Gasteiger partial charge in [-0.1, -0.05) is 32.9 Å². The summed E-state index contributed by atoms with van der Waals surface area (Å²) in [5, 5.41) is 0. The molecule has 0 aromatic carbocycles. The number of allylic oxidation sites excluding steroid dienone is 2. The largest absolute Gasteiger partial charge is 0.414 e. The average molecular weight is 238 g/mol. The Morgan fingerprint density at radius 2 is 1.81 bits per heavy atom. The molecule has 0 heterocycles. The summed E-state index contributed by atoms with van der Waals surface area (Å²) in [6.45, 7) is 7.00. The Kier molecular flexibility index (Phi) is 3.91. The fourth-order valence-corrected chi connectivity index (χ4v) is 6.38. The van der Waals surface area contributed by atoms with Crippen LogP contribution in [0.25, 0.3) is 0 Å². The number of fused-ring (bicyclic) bond motifs is 2. The van der Waals surface area contributed by atoms with E-state index in [0.29, 0.717) is 6.10 Å². The first-order valence-corrected chi connectivity index (χ1v) is 9.60. The molecular weight excluding hydrogens is 212 g/mol. The number of hydrogen-bond donors (Lipinski definition) is 0. The monoisotopic (exact) mass is 238 g/mol. The fourth-order valence-electron chi connectivity index (χ4n) is 3.44. The molecule has 1 nitrogen and oxygen atoms in total. The maximum atomic E-state index is 6.66. The molecule has 0 aliphatic heterocycles. The highest BCUT2D eigenvalue weighted by Crippen LogP contribution is 2.42. The van der Waals surface area contributed by atoms with E-state index in [0.717, 1.165) is 11.8 Å². The van der Waals surface area contributed by atoms with Crippen molar-refractivity contribution in [3.8, 4) is 0 Å². The van der Waals surface area contributed by atoms with Crippen LogP contribution in [0.4, 0.5) is 0 Å². The van der Waals surface area contributed by atoms with E-state index in [9.17, 15) is 0 Å². The molecule has 0 aromatic rings. The molecule has 0 unspecified atom stereocenters. The first kappa shape index (κ1) is 12.4. The summed E-state index contributed by atoms with van der Waals surface area (Å²) in [5.41, 5.74) is 0. The van der Waals surface area contributed by atoms with Gasteiger partial charge in [0.25, 0.3) is 0 Å². The maximum absolute atomic E-state index is 6.66. The molecule has 1 fully saturated rings. The van der Waals surface area contributed by atoms with Crippen molar-refractivity contribution in [2.45, 2.75) is 64.3 Å². The molecule has 0 amide bonds. The lowest BCUT2D eigenvalue weighted by Gasteiger charge is -2.34. The molecule has 2 aliphatic carbocycles. The molecule has 1 saturated carbocycles. The van der Waals surface area contributed by atoms with Crippen molar-refractivity contribution in [2.75, 3.05) is 0 Å². The predicted octanol–water partition coefficient (Wildman–Crippen LogP) is 4.36. The fraction of sp³-hybridized carbons (Fsp3) is 0.857. The highest BCUT2D eigenvalue weighted by molar-refractivity contribution is 6.73. The molecule has 2 bridgehead atoms. The smallest absolute Gasteiger partial charge is 0.192 e. The molecule has 3 atom stereocenters. The van der Waals surface area contributed by atoms with E-state index in [1.165, 1.54) is 37.4 Å². The van der Waals surface area contributed by atoms with Crippen LogP contribution in [0, 0.1) is 11.8 Å². The van der Waals surface area contributed by atoms with E-state index in [4.69, 9.17) is 4.43 Å². The Labute approximate surface area is 101 Å². The van der Waals surface area contributed by atoms with Crippen molar-refractivity contribution < 1.29 is 4.43 Å². The zero-order valence-electron chi connectivity index (χ0n) is 11.0. The van der Waals surface area contributed by atoms with Gasteiger partial charge in [-0.2, -0.15) is 0 Å². The summed E-state index contributed by atoms with van der Waals surface area (Å²) >= 11 is 0. The lowest BCUT2D eigenvalue weighted by molar-refractivity contribution is 0.146. The summed E-state index contributed by atoms with van der Waals surface area (Å²) in [4.78, 5) is 0. The van der Waals surface area contributed by atoms with Gasteiger partial charge in [-0.3, -0.25) is 0 Å². The molecule has 0 N–H and O–H groups in total. The van der Waals surface area contributed by atoms with Crippen LogP contribution in [0.15, 0.2) is 12.2 Å². The number of hydrogen-bond acceptors (Lipinski definition) is 1. The third-order valence-electron chi connectivity index (χ3n) is 4.85. The Balaban J connectivity index is 1.99. The van der Waals surface area contributed by atoms with Crippen LogP contribution in [0.1, 0.15) is 40.0 Å². The van der Waals surface area contributed by atoms with Gasteiger partial charge in [0, 0.05) is 6.10 Å². The molecule has 2 rings (SSSR count). The molecule has 2 heteroatoms. The van der Waals surface area contributed by atoms with Crippen LogP contribution >= 0.6 is 0 Å². The maximum Gasteiger partial charge on any atom is 0.192 e. The second kappa shape index (κ2) is 5.05. The van der Waals surface area contributed by atoms with Gasteiger partial charge < -0.3 is 4.43 Å². The molecule has 0 aromatic heterocycles. The van der Waals surface area contributed by atoms with Gasteiger partial charge in [-0.15, -0.1) is 0 Å². The van der Waals surface area contributed by atoms with Crippen molar-refractivity contribution in [3.05, 3.63) is 12.2 Å². The van der Waals surface area contributed by atoms with Crippen LogP contribution in [0.5, 0.6) is 0 Å². The molecule has 16 heavy (non-hydrogen) atoms. The molecular formula is C14H26OSi. The molecule has 0 saturated heterocycles. The second-order valence-corrected chi connectivity index (χ2v) is 10.3. The molecule has 0 spiro atoms. The van der Waals surface area contributed by atoms with Crippen LogP contribution in [0.2, 0.25) is 18.1 Å². The Morgan fingerprint density at radius 3 is 2.38 bits per heavy atom. The van der Waals surface area contributed by atoms with Gasteiger partial charge >= 0.3 is 0 Å². The predicted molar refractivity (Wildman–Crippen MR) is 72.0 cm³/mol. The molecule has 2 aliphatic rings. The summed E-state index contributed by atoms with van der Waals surface area (Å²) in [6, 6.07) is 3.88. The Morgan fingerprint density at radius 1 is 1.12 bits per heavy atom. The second-order valence-electron chi connectivity index (χ2n) is 5.56. The summed E-state index contributed by atoms with van der Waals surface area (Å²) in [5.74, 6) is 1.67. The van der Waals surface area contributed by atoms with Gasteiger partial charge in [-0.25, -0.2) is 0 Å². The minimum atomic E-state index is -1.37. The van der Waals surface area contributed by atoms with Crippen LogP contribution < -0.4 is 0 Å². The van der Waals surface area contributed by atoms with Crippen molar-refractivity contribution in [1.29, 1.82) is 0 Å². The average Bonchev–Trinajstić information content (AvgIpc) is 2.61. The topological polar surface area (TPSA) is 9.23 Å². The van der Waals surface area contributed by atoms with Gasteiger partial charge in [0.1, 0.15) is 0 Å². The van der Waals surface area contributed by atoms with E-state index in [-0.39, 0.29) is 0 Å². The van der Waals surface area contributed by atoms with E-state index in [2.05, 4.69) is 32.9 Å². The van der Waals surface area contributed by atoms with E-state index < -0.39 is 8.32 Å². The molecule has 92 valence electrons. The first-order valence-electron chi connectivity index (χ1n) is 7.07. The van der Waals surface area contributed by atoms with Gasteiger partial charge in [0.05, 0.1) is 0 Å². The summed E-state index contributed by atoms with van der Waals surface area (Å²) < 4.78 is 6.66. The lowest BCUT2D eigenvalue weighted by atomic mass is 9.95. The Bertz CT molecular complexity index is 249. The van der Waals surface area contributed by atoms with E-state index in [1.54, 1.807) is 0 Å². The lowest BCUT2D eigenvalue weighted by Crippen LogP contribution is -2.41. The van der Waals surface area contributed by atoms with Crippen molar-refractivity contribution >= 4 is 8.32 Å². The minimum Gasteiger partial charge on any atom is -0.414 e. The minimum absolute atomic E-state index is 0.589. The zero-order valence-corrected chi connectivity index (χ0v) is 12.0. The highest BCUT2D eigenvalue weighted by Gasteiger charge is 2.40. The quantitative estimate of drug-likeness (QED) is 0.511. The third kappa shape index (κ3) is 2.28. The third-order valence-corrected chi connectivity index (χ3v) is 9.52. The van der Waals surface area contributed by atoms with E-state index >= 15 is 0 Å². The summed E-state index contributed by atoms with van der Waals surface area (Å²) in [6.07, 6.45) is 9.36. The molecule has 0 radical (unpaired) electrons. The Hall–Kier alpha value is -0.0831. The van der Waals surface area contributed by atoms with Crippen molar-refractivity contribution in [3.63, 3.8) is 0 Å².